The third kappa shape index (κ3) is 1.86. The molecule has 0 spiro atoms. The minimum atomic E-state index is -4.36. The molecule has 1 unspecified atom stereocenters. The van der Waals surface area contributed by atoms with Crippen molar-refractivity contribution >= 4 is 10.8 Å². The lowest BCUT2D eigenvalue weighted by atomic mass is 9.87. The van der Waals surface area contributed by atoms with Gasteiger partial charge in [-0.05, 0) is 30.3 Å². The van der Waals surface area contributed by atoms with Crippen LogP contribution in [0.3, 0.4) is 0 Å². The molecule has 2 aromatic carbocycles. The van der Waals surface area contributed by atoms with Gasteiger partial charge in [-0.2, -0.15) is 13.2 Å². The molecule has 0 aliphatic heterocycles. The van der Waals surface area contributed by atoms with Crippen molar-refractivity contribution in [3.8, 4) is 0 Å². The molecule has 0 bridgehead atoms. The van der Waals surface area contributed by atoms with E-state index in [1.165, 1.54) is 13.1 Å². The predicted octanol–water partition coefficient (Wildman–Crippen LogP) is 3.84. The molecule has 4 heteroatoms. The van der Waals surface area contributed by atoms with Gasteiger partial charge in [0.05, 0.1) is 0 Å². The summed E-state index contributed by atoms with van der Waals surface area (Å²) >= 11 is 0. The normalized spacial score (nSPS) is 15.6. The fourth-order valence-corrected chi connectivity index (χ4v) is 2.09. The molecule has 18 heavy (non-hydrogen) atoms. The molecule has 0 saturated heterocycles. The molecule has 0 fully saturated rings. The summed E-state index contributed by atoms with van der Waals surface area (Å²) in [5.41, 5.74) is -1.80. The third-order valence-electron chi connectivity index (χ3n) is 3.40. The Bertz CT molecular complexity index is 557. The second-order valence-corrected chi connectivity index (χ2v) is 4.40. The van der Waals surface area contributed by atoms with Crippen molar-refractivity contribution in [1.29, 1.82) is 0 Å². The number of halogens is 3. The molecular formula is C14H14F3N. The minimum Gasteiger partial charge on any atom is -0.303 e. The van der Waals surface area contributed by atoms with Crippen LogP contribution in [0.5, 0.6) is 0 Å². The highest BCUT2D eigenvalue weighted by Crippen LogP contribution is 2.40. The van der Waals surface area contributed by atoms with Gasteiger partial charge in [-0.25, -0.2) is 0 Å². The van der Waals surface area contributed by atoms with Crippen LogP contribution in [0.25, 0.3) is 10.8 Å². The molecule has 0 aliphatic rings. The van der Waals surface area contributed by atoms with E-state index in [9.17, 15) is 13.2 Å². The van der Waals surface area contributed by atoms with Gasteiger partial charge in [0.15, 0.2) is 0 Å². The average molecular weight is 253 g/mol. The second-order valence-electron chi connectivity index (χ2n) is 4.40. The Balaban J connectivity index is 2.74. The van der Waals surface area contributed by atoms with Gasteiger partial charge < -0.3 is 5.32 Å². The maximum absolute atomic E-state index is 13.3. The van der Waals surface area contributed by atoms with E-state index < -0.39 is 11.7 Å². The molecular weight excluding hydrogens is 239 g/mol. The van der Waals surface area contributed by atoms with E-state index in [1.807, 2.05) is 18.2 Å². The number of hydrogen-bond acceptors (Lipinski definition) is 1. The highest BCUT2D eigenvalue weighted by Gasteiger charge is 2.51. The molecule has 1 nitrogen and oxygen atoms in total. The largest absolute Gasteiger partial charge is 0.410 e. The van der Waals surface area contributed by atoms with Crippen LogP contribution in [0, 0.1) is 0 Å². The molecule has 0 aromatic heterocycles. The van der Waals surface area contributed by atoms with Gasteiger partial charge in [0.2, 0.25) is 0 Å². The van der Waals surface area contributed by atoms with Gasteiger partial charge in [0, 0.05) is 0 Å². The summed E-state index contributed by atoms with van der Waals surface area (Å²) in [5.74, 6) is 0. The standard InChI is InChI=1S/C14H14F3N/c1-13(18-2,14(15,16)17)12-9-5-7-10-6-3-4-8-11(10)12/h3-9,18H,1-2H3. The monoisotopic (exact) mass is 253 g/mol. The van der Waals surface area contributed by atoms with Crippen LogP contribution in [0.15, 0.2) is 42.5 Å². The predicted molar refractivity (Wildman–Crippen MR) is 66.4 cm³/mol. The van der Waals surface area contributed by atoms with Gasteiger partial charge in [0.1, 0.15) is 5.54 Å². The minimum absolute atomic E-state index is 0.246. The van der Waals surface area contributed by atoms with Crippen molar-refractivity contribution in [3.05, 3.63) is 48.0 Å². The quantitative estimate of drug-likeness (QED) is 0.857. The van der Waals surface area contributed by atoms with E-state index in [0.29, 0.717) is 5.39 Å². The SMILES string of the molecule is CNC(C)(c1cccc2ccccc12)C(F)(F)F. The number of nitrogens with one attached hydrogen (secondary N) is 1. The van der Waals surface area contributed by atoms with E-state index in [4.69, 9.17) is 0 Å². The number of alkyl halides is 3. The summed E-state index contributed by atoms with van der Waals surface area (Å²) in [6.07, 6.45) is -4.36. The maximum Gasteiger partial charge on any atom is 0.410 e. The molecule has 1 atom stereocenters. The second kappa shape index (κ2) is 4.28. The highest BCUT2D eigenvalue weighted by molar-refractivity contribution is 5.86. The molecule has 96 valence electrons. The lowest BCUT2D eigenvalue weighted by Gasteiger charge is -2.33. The van der Waals surface area contributed by atoms with Gasteiger partial charge >= 0.3 is 6.18 Å². The molecule has 0 aliphatic carbocycles. The number of hydrogen-bond donors (Lipinski definition) is 1. The molecule has 2 aromatic rings. The van der Waals surface area contributed by atoms with Crippen molar-refractivity contribution in [2.24, 2.45) is 0 Å². The first-order valence-electron chi connectivity index (χ1n) is 5.64. The third-order valence-corrected chi connectivity index (χ3v) is 3.40. The topological polar surface area (TPSA) is 12.0 Å². The zero-order valence-electron chi connectivity index (χ0n) is 10.2. The van der Waals surface area contributed by atoms with E-state index in [2.05, 4.69) is 5.32 Å². The van der Waals surface area contributed by atoms with Crippen LogP contribution in [-0.4, -0.2) is 13.2 Å². The highest BCUT2D eigenvalue weighted by atomic mass is 19.4. The van der Waals surface area contributed by atoms with Gasteiger partial charge in [-0.1, -0.05) is 42.5 Å². The van der Waals surface area contributed by atoms with Gasteiger partial charge in [-0.3, -0.25) is 0 Å². The average Bonchev–Trinajstić information content (AvgIpc) is 2.35. The molecule has 0 radical (unpaired) electrons. The van der Waals surface area contributed by atoms with Crippen molar-refractivity contribution in [1.82, 2.24) is 5.32 Å². The lowest BCUT2D eigenvalue weighted by Crippen LogP contribution is -2.50. The lowest BCUT2D eigenvalue weighted by molar-refractivity contribution is -0.193. The molecule has 2 rings (SSSR count). The summed E-state index contributed by atoms with van der Waals surface area (Å²) in [6.45, 7) is 1.16. The van der Waals surface area contributed by atoms with Crippen LogP contribution < -0.4 is 5.32 Å². The van der Waals surface area contributed by atoms with E-state index in [1.54, 1.807) is 18.2 Å². The van der Waals surface area contributed by atoms with Crippen molar-refractivity contribution < 1.29 is 13.2 Å². The van der Waals surface area contributed by atoms with Crippen LogP contribution >= 0.6 is 0 Å². The first-order chi connectivity index (χ1) is 8.40. The van der Waals surface area contributed by atoms with Crippen LogP contribution in [0.4, 0.5) is 13.2 Å². The fraction of sp³-hybridized carbons (Fsp3) is 0.286. The number of rotatable bonds is 2. The summed E-state index contributed by atoms with van der Waals surface area (Å²) < 4.78 is 39.8. The van der Waals surface area contributed by atoms with Crippen LogP contribution in [0.2, 0.25) is 0 Å². The Morgan fingerprint density at radius 1 is 0.944 bits per heavy atom. The Morgan fingerprint density at radius 3 is 2.17 bits per heavy atom. The molecule has 1 N–H and O–H groups in total. The van der Waals surface area contributed by atoms with E-state index in [0.717, 1.165) is 12.3 Å². The molecule has 0 heterocycles. The number of benzene rings is 2. The number of fused-ring (bicyclic) bond motifs is 1. The smallest absolute Gasteiger partial charge is 0.303 e. The van der Waals surface area contributed by atoms with E-state index >= 15 is 0 Å². The van der Waals surface area contributed by atoms with E-state index in [-0.39, 0.29) is 5.56 Å². The van der Waals surface area contributed by atoms with Crippen molar-refractivity contribution in [2.75, 3.05) is 7.05 Å². The maximum atomic E-state index is 13.3. The van der Waals surface area contributed by atoms with Crippen LogP contribution in [-0.2, 0) is 5.54 Å². The molecule has 0 saturated carbocycles. The zero-order valence-corrected chi connectivity index (χ0v) is 10.2. The Labute approximate surface area is 104 Å². The first-order valence-corrected chi connectivity index (χ1v) is 5.64. The molecule has 0 amide bonds. The van der Waals surface area contributed by atoms with Crippen LogP contribution in [0.1, 0.15) is 12.5 Å². The Kier molecular flexibility index (Phi) is 3.07. The summed E-state index contributed by atoms with van der Waals surface area (Å²) in [5, 5.41) is 3.83. The Morgan fingerprint density at radius 2 is 1.56 bits per heavy atom. The summed E-state index contributed by atoms with van der Waals surface area (Å²) in [4.78, 5) is 0. The zero-order chi connectivity index (χ0) is 13.4. The first kappa shape index (κ1) is 12.9. The van der Waals surface area contributed by atoms with Crippen molar-refractivity contribution in [3.63, 3.8) is 0 Å². The summed E-state index contributed by atoms with van der Waals surface area (Å²) in [6, 6.07) is 12.1. The van der Waals surface area contributed by atoms with Gasteiger partial charge in [0.25, 0.3) is 0 Å². The summed E-state index contributed by atoms with van der Waals surface area (Å²) in [7, 11) is 1.33. The fourth-order valence-electron chi connectivity index (χ4n) is 2.09. The van der Waals surface area contributed by atoms with Gasteiger partial charge in [-0.15, -0.1) is 0 Å². The van der Waals surface area contributed by atoms with Crippen molar-refractivity contribution in [2.45, 2.75) is 18.6 Å². The Hall–Kier alpha value is -1.55.